The summed E-state index contributed by atoms with van der Waals surface area (Å²) in [4.78, 5) is 23.6. The first-order valence-electron chi connectivity index (χ1n) is 9.35. The molecule has 1 N–H and O–H groups in total. The molecule has 0 bridgehead atoms. The van der Waals surface area contributed by atoms with Crippen molar-refractivity contribution in [2.45, 2.75) is 37.5 Å². The lowest BCUT2D eigenvalue weighted by Gasteiger charge is -2.07. The SMILES string of the molecule is CCOC(=O)CCC(=O)c1ccc(CCCNS(=O)(=O)c2ccc(Cl)cc2)cc1. The Balaban J connectivity index is 1.78. The Morgan fingerprint density at radius 2 is 1.66 bits per heavy atom. The molecule has 2 aromatic carbocycles. The van der Waals surface area contributed by atoms with Crippen LogP contribution in [0.3, 0.4) is 0 Å². The lowest BCUT2D eigenvalue weighted by Crippen LogP contribution is -2.25. The highest BCUT2D eigenvalue weighted by Gasteiger charge is 2.13. The number of ether oxygens (including phenoxy) is 1. The molecule has 0 aliphatic carbocycles. The zero-order valence-electron chi connectivity index (χ0n) is 16.2. The minimum atomic E-state index is -3.56. The molecule has 0 spiro atoms. The van der Waals surface area contributed by atoms with Crippen molar-refractivity contribution in [3.63, 3.8) is 0 Å². The van der Waals surface area contributed by atoms with E-state index in [2.05, 4.69) is 4.72 Å². The van der Waals surface area contributed by atoms with Gasteiger partial charge in [0.25, 0.3) is 0 Å². The van der Waals surface area contributed by atoms with Gasteiger partial charge in [-0.1, -0.05) is 35.9 Å². The molecule has 0 amide bonds. The average molecular weight is 438 g/mol. The number of ketones is 1. The monoisotopic (exact) mass is 437 g/mol. The van der Waals surface area contributed by atoms with Crippen LogP contribution in [0.5, 0.6) is 0 Å². The van der Waals surface area contributed by atoms with Gasteiger partial charge in [-0.15, -0.1) is 0 Å². The van der Waals surface area contributed by atoms with Crippen molar-refractivity contribution in [2.24, 2.45) is 0 Å². The molecule has 0 saturated heterocycles. The maximum Gasteiger partial charge on any atom is 0.306 e. The van der Waals surface area contributed by atoms with E-state index in [0.717, 1.165) is 5.56 Å². The average Bonchev–Trinajstić information content (AvgIpc) is 2.70. The van der Waals surface area contributed by atoms with E-state index in [9.17, 15) is 18.0 Å². The van der Waals surface area contributed by atoms with E-state index in [1.54, 1.807) is 19.1 Å². The van der Waals surface area contributed by atoms with Gasteiger partial charge in [0.1, 0.15) is 0 Å². The number of benzene rings is 2. The standard InChI is InChI=1S/C21H24ClNO5S/c1-2-28-21(25)14-13-20(24)17-7-5-16(6-8-17)4-3-15-23-29(26,27)19-11-9-18(22)10-12-19/h5-12,23H,2-4,13-15H2,1H3. The molecule has 0 radical (unpaired) electrons. The van der Waals surface area contributed by atoms with Crippen LogP contribution < -0.4 is 4.72 Å². The summed E-state index contributed by atoms with van der Waals surface area (Å²) in [6.45, 7) is 2.32. The molecule has 0 aliphatic heterocycles. The number of sulfonamides is 1. The Bertz CT molecular complexity index is 925. The summed E-state index contributed by atoms with van der Waals surface area (Å²) in [5, 5.41) is 0.478. The van der Waals surface area contributed by atoms with Gasteiger partial charge in [0, 0.05) is 23.6 Å². The van der Waals surface area contributed by atoms with Crippen molar-refractivity contribution in [3.05, 3.63) is 64.7 Å². The molecule has 0 aliphatic rings. The highest BCUT2D eigenvalue weighted by Crippen LogP contribution is 2.14. The second kappa shape index (κ2) is 11.1. The molecule has 156 valence electrons. The highest BCUT2D eigenvalue weighted by atomic mass is 35.5. The number of esters is 1. The minimum absolute atomic E-state index is 0.0716. The Morgan fingerprint density at radius 1 is 1.00 bits per heavy atom. The molecule has 0 heterocycles. The number of Topliss-reactive ketones (excluding diaryl/α,β-unsaturated/α-hetero) is 1. The summed E-state index contributed by atoms with van der Waals surface area (Å²) in [6, 6.07) is 13.1. The van der Waals surface area contributed by atoms with Crippen molar-refractivity contribution in [1.82, 2.24) is 4.72 Å². The molecule has 8 heteroatoms. The van der Waals surface area contributed by atoms with Gasteiger partial charge in [-0.2, -0.15) is 0 Å². The van der Waals surface area contributed by atoms with Crippen LogP contribution in [0.15, 0.2) is 53.4 Å². The highest BCUT2D eigenvalue weighted by molar-refractivity contribution is 7.89. The van der Waals surface area contributed by atoms with Crippen LogP contribution in [0.2, 0.25) is 5.02 Å². The molecule has 0 unspecified atom stereocenters. The first-order valence-corrected chi connectivity index (χ1v) is 11.2. The van der Waals surface area contributed by atoms with Gasteiger partial charge in [0.05, 0.1) is 17.9 Å². The van der Waals surface area contributed by atoms with Crippen LogP contribution in [0, 0.1) is 0 Å². The van der Waals surface area contributed by atoms with Crippen LogP contribution in [0.25, 0.3) is 0 Å². The van der Waals surface area contributed by atoms with Crippen molar-refractivity contribution in [1.29, 1.82) is 0 Å². The van der Waals surface area contributed by atoms with Crippen molar-refractivity contribution < 1.29 is 22.7 Å². The number of hydrogen-bond donors (Lipinski definition) is 1. The van der Waals surface area contributed by atoms with Crippen LogP contribution in [-0.4, -0.2) is 33.3 Å². The number of halogens is 1. The minimum Gasteiger partial charge on any atom is -0.466 e. The first-order chi connectivity index (χ1) is 13.8. The van der Waals surface area contributed by atoms with Gasteiger partial charge in [0.15, 0.2) is 5.78 Å². The molecule has 29 heavy (non-hydrogen) atoms. The fraction of sp³-hybridized carbons (Fsp3) is 0.333. The number of hydrogen-bond acceptors (Lipinski definition) is 5. The van der Waals surface area contributed by atoms with Crippen LogP contribution in [-0.2, 0) is 26.0 Å². The van der Waals surface area contributed by atoms with Crippen molar-refractivity contribution >= 4 is 33.4 Å². The third-order valence-electron chi connectivity index (χ3n) is 4.20. The zero-order chi connectivity index (χ0) is 21.3. The van der Waals surface area contributed by atoms with E-state index in [1.807, 2.05) is 12.1 Å². The third-order valence-corrected chi connectivity index (χ3v) is 5.92. The summed E-state index contributed by atoms with van der Waals surface area (Å²) in [7, 11) is -3.56. The van der Waals surface area contributed by atoms with E-state index in [-0.39, 0.29) is 29.5 Å². The number of carbonyl (C=O) groups excluding carboxylic acids is 2. The zero-order valence-corrected chi connectivity index (χ0v) is 17.8. The molecule has 0 saturated carbocycles. The quantitative estimate of drug-likeness (QED) is 0.328. The van der Waals surface area contributed by atoms with Crippen LogP contribution in [0.1, 0.15) is 42.1 Å². The smallest absolute Gasteiger partial charge is 0.306 e. The van der Waals surface area contributed by atoms with E-state index in [4.69, 9.17) is 16.3 Å². The Kier molecular flexibility index (Phi) is 8.82. The van der Waals surface area contributed by atoms with Gasteiger partial charge in [-0.05, 0) is 49.6 Å². The van der Waals surface area contributed by atoms with E-state index in [0.29, 0.717) is 36.6 Å². The van der Waals surface area contributed by atoms with E-state index >= 15 is 0 Å². The van der Waals surface area contributed by atoms with Crippen molar-refractivity contribution in [2.75, 3.05) is 13.2 Å². The summed E-state index contributed by atoms with van der Waals surface area (Å²) in [5.41, 5.74) is 1.54. The molecule has 0 aromatic heterocycles. The maximum absolute atomic E-state index is 12.2. The topological polar surface area (TPSA) is 89.5 Å². The summed E-state index contributed by atoms with van der Waals surface area (Å²) < 4.78 is 31.8. The number of carbonyl (C=O) groups is 2. The molecule has 0 fully saturated rings. The predicted molar refractivity (Wildman–Crippen MR) is 112 cm³/mol. The number of aryl methyl sites for hydroxylation is 1. The lowest BCUT2D eigenvalue weighted by atomic mass is 10.0. The van der Waals surface area contributed by atoms with Crippen LogP contribution >= 0.6 is 11.6 Å². The number of rotatable bonds is 11. The Labute approximate surface area is 176 Å². The first kappa shape index (κ1) is 23.1. The number of nitrogens with one attached hydrogen (secondary N) is 1. The van der Waals surface area contributed by atoms with E-state index < -0.39 is 10.0 Å². The fourth-order valence-electron chi connectivity index (χ4n) is 2.65. The van der Waals surface area contributed by atoms with Gasteiger partial charge in [0.2, 0.25) is 10.0 Å². The fourth-order valence-corrected chi connectivity index (χ4v) is 3.85. The second-order valence-corrected chi connectivity index (χ2v) is 8.58. The van der Waals surface area contributed by atoms with Gasteiger partial charge < -0.3 is 4.74 Å². The van der Waals surface area contributed by atoms with Crippen LogP contribution in [0.4, 0.5) is 0 Å². The molecule has 0 atom stereocenters. The Hall–Kier alpha value is -2.22. The van der Waals surface area contributed by atoms with Gasteiger partial charge in [-0.25, -0.2) is 13.1 Å². The molecule has 6 nitrogen and oxygen atoms in total. The lowest BCUT2D eigenvalue weighted by molar-refractivity contribution is -0.143. The summed E-state index contributed by atoms with van der Waals surface area (Å²) >= 11 is 5.77. The molecule has 2 rings (SSSR count). The second-order valence-electron chi connectivity index (χ2n) is 6.38. The molecular formula is C21H24ClNO5S. The largest absolute Gasteiger partial charge is 0.466 e. The van der Waals surface area contributed by atoms with Crippen molar-refractivity contribution in [3.8, 4) is 0 Å². The predicted octanol–water partition coefficient (Wildman–Crippen LogP) is 3.78. The molecular weight excluding hydrogens is 414 g/mol. The Morgan fingerprint density at radius 3 is 2.28 bits per heavy atom. The summed E-state index contributed by atoms with van der Waals surface area (Å²) in [5.74, 6) is -0.487. The third kappa shape index (κ3) is 7.61. The normalized spacial score (nSPS) is 11.2. The van der Waals surface area contributed by atoms with Gasteiger partial charge in [-0.3, -0.25) is 9.59 Å². The van der Waals surface area contributed by atoms with Gasteiger partial charge >= 0.3 is 5.97 Å². The van der Waals surface area contributed by atoms with E-state index in [1.165, 1.54) is 24.3 Å². The maximum atomic E-state index is 12.2. The summed E-state index contributed by atoms with van der Waals surface area (Å²) in [6.07, 6.45) is 1.47. The molecule has 2 aromatic rings.